The third-order valence-electron chi connectivity index (χ3n) is 3.80. The van der Waals surface area contributed by atoms with Crippen LogP contribution in [0, 0.1) is 0 Å². The molecule has 1 amide bonds. The van der Waals surface area contributed by atoms with Gasteiger partial charge in [-0.2, -0.15) is 0 Å². The lowest BCUT2D eigenvalue weighted by Crippen LogP contribution is -2.27. The minimum Gasteiger partial charge on any atom is -0.380 e. The summed E-state index contributed by atoms with van der Waals surface area (Å²) in [5, 5.41) is 4.04. The molecule has 0 aliphatic rings. The van der Waals surface area contributed by atoms with E-state index in [0.29, 0.717) is 18.7 Å². The lowest BCUT2D eigenvalue weighted by Gasteiger charge is -2.10. The quantitative estimate of drug-likeness (QED) is 0.738. The molecular weight excluding hydrogens is 320 g/mol. The SMILES string of the molecule is COCc1cccc(C(=O)NCC(C)c2nc3ccccc3s2)c1. The molecule has 0 aliphatic heterocycles. The van der Waals surface area contributed by atoms with Crippen LogP contribution in [0.1, 0.15) is 33.8 Å². The molecule has 1 N–H and O–H groups in total. The van der Waals surface area contributed by atoms with Gasteiger partial charge in [0.25, 0.3) is 5.91 Å². The van der Waals surface area contributed by atoms with E-state index in [4.69, 9.17) is 4.74 Å². The molecule has 124 valence electrons. The van der Waals surface area contributed by atoms with Crippen LogP contribution >= 0.6 is 11.3 Å². The Kier molecular flexibility index (Phi) is 5.23. The average Bonchev–Trinajstić information content (AvgIpc) is 3.04. The van der Waals surface area contributed by atoms with E-state index in [1.165, 1.54) is 4.70 Å². The largest absolute Gasteiger partial charge is 0.380 e. The van der Waals surface area contributed by atoms with Crippen LogP contribution in [-0.4, -0.2) is 24.5 Å². The van der Waals surface area contributed by atoms with Crippen molar-refractivity contribution in [1.82, 2.24) is 10.3 Å². The molecule has 4 nitrogen and oxygen atoms in total. The molecule has 3 rings (SSSR count). The number of hydrogen-bond acceptors (Lipinski definition) is 4. The molecule has 1 atom stereocenters. The molecule has 1 heterocycles. The molecule has 0 saturated heterocycles. The summed E-state index contributed by atoms with van der Waals surface area (Å²) >= 11 is 1.68. The lowest BCUT2D eigenvalue weighted by atomic mass is 10.1. The van der Waals surface area contributed by atoms with Gasteiger partial charge in [0, 0.05) is 25.1 Å². The topological polar surface area (TPSA) is 51.2 Å². The zero-order chi connectivity index (χ0) is 16.9. The predicted octanol–water partition coefficient (Wildman–Crippen LogP) is 3.98. The first kappa shape index (κ1) is 16.6. The van der Waals surface area contributed by atoms with Crippen LogP contribution < -0.4 is 5.32 Å². The van der Waals surface area contributed by atoms with E-state index in [-0.39, 0.29) is 11.8 Å². The summed E-state index contributed by atoms with van der Waals surface area (Å²) in [6, 6.07) is 15.6. The van der Waals surface area contributed by atoms with Crippen molar-refractivity contribution >= 4 is 27.5 Å². The van der Waals surface area contributed by atoms with Crippen LogP contribution in [0.3, 0.4) is 0 Å². The number of methoxy groups -OCH3 is 1. The number of fused-ring (bicyclic) bond motifs is 1. The van der Waals surface area contributed by atoms with Gasteiger partial charge in [0.05, 0.1) is 21.8 Å². The number of nitrogens with zero attached hydrogens (tertiary/aromatic N) is 1. The van der Waals surface area contributed by atoms with Gasteiger partial charge in [-0.05, 0) is 29.8 Å². The van der Waals surface area contributed by atoms with Gasteiger partial charge in [-0.1, -0.05) is 31.2 Å². The fourth-order valence-electron chi connectivity index (χ4n) is 2.50. The summed E-state index contributed by atoms with van der Waals surface area (Å²) in [6.45, 7) is 3.15. The number of ether oxygens (including phenoxy) is 1. The maximum atomic E-state index is 12.3. The first-order valence-corrected chi connectivity index (χ1v) is 8.70. The van der Waals surface area contributed by atoms with Crippen LogP contribution in [0.4, 0.5) is 0 Å². The highest BCUT2D eigenvalue weighted by Gasteiger charge is 2.13. The molecule has 0 bridgehead atoms. The van der Waals surface area contributed by atoms with E-state index in [1.54, 1.807) is 18.4 Å². The Morgan fingerprint density at radius 2 is 2.08 bits per heavy atom. The maximum Gasteiger partial charge on any atom is 0.251 e. The average molecular weight is 340 g/mol. The number of aromatic nitrogens is 1. The molecule has 0 radical (unpaired) electrons. The van der Waals surface area contributed by atoms with E-state index in [9.17, 15) is 4.79 Å². The highest BCUT2D eigenvalue weighted by Crippen LogP contribution is 2.26. The molecule has 24 heavy (non-hydrogen) atoms. The summed E-state index contributed by atoms with van der Waals surface area (Å²) in [5.74, 6) is 0.106. The van der Waals surface area contributed by atoms with Crippen molar-refractivity contribution in [3.63, 3.8) is 0 Å². The molecular formula is C19H20N2O2S. The van der Waals surface area contributed by atoms with Crippen molar-refractivity contribution in [2.75, 3.05) is 13.7 Å². The monoisotopic (exact) mass is 340 g/mol. The van der Waals surface area contributed by atoms with Gasteiger partial charge in [-0.15, -0.1) is 11.3 Å². The van der Waals surface area contributed by atoms with Gasteiger partial charge in [0.15, 0.2) is 0 Å². The van der Waals surface area contributed by atoms with Gasteiger partial charge in [-0.3, -0.25) is 4.79 Å². The van der Waals surface area contributed by atoms with Crippen molar-refractivity contribution in [1.29, 1.82) is 0 Å². The molecule has 0 fully saturated rings. The summed E-state index contributed by atoms with van der Waals surface area (Å²) in [6.07, 6.45) is 0. The van der Waals surface area contributed by atoms with E-state index in [2.05, 4.69) is 23.3 Å². The molecule has 0 spiro atoms. The standard InChI is InChI=1S/C19H20N2O2S/c1-13(19-21-16-8-3-4-9-17(16)24-19)11-20-18(22)15-7-5-6-14(10-15)12-23-2/h3-10,13H,11-12H2,1-2H3,(H,20,22). The third kappa shape index (κ3) is 3.80. The van der Waals surface area contributed by atoms with Crippen molar-refractivity contribution in [2.45, 2.75) is 19.4 Å². The number of hydrogen-bond donors (Lipinski definition) is 1. The fraction of sp³-hybridized carbons (Fsp3) is 0.263. The Morgan fingerprint density at radius 1 is 1.25 bits per heavy atom. The maximum absolute atomic E-state index is 12.3. The van der Waals surface area contributed by atoms with Crippen LogP contribution in [0.15, 0.2) is 48.5 Å². The minimum absolute atomic E-state index is 0.0686. The molecule has 1 aromatic heterocycles. The summed E-state index contributed by atoms with van der Waals surface area (Å²) in [7, 11) is 1.65. The van der Waals surface area contributed by atoms with E-state index >= 15 is 0 Å². The number of carbonyl (C=O) groups is 1. The highest BCUT2D eigenvalue weighted by atomic mass is 32.1. The summed E-state index contributed by atoms with van der Waals surface area (Å²) < 4.78 is 6.29. The van der Waals surface area contributed by atoms with Crippen LogP contribution in [0.5, 0.6) is 0 Å². The molecule has 5 heteroatoms. The Bertz CT molecular complexity index is 811. The van der Waals surface area contributed by atoms with Crippen LogP contribution in [0.2, 0.25) is 0 Å². The van der Waals surface area contributed by atoms with Crippen LogP contribution in [-0.2, 0) is 11.3 Å². The van der Waals surface area contributed by atoms with Gasteiger partial charge in [0.1, 0.15) is 0 Å². The van der Waals surface area contributed by atoms with E-state index in [0.717, 1.165) is 16.1 Å². The number of para-hydroxylation sites is 1. The fourth-order valence-corrected chi connectivity index (χ4v) is 3.52. The number of amides is 1. The van der Waals surface area contributed by atoms with Gasteiger partial charge in [0.2, 0.25) is 0 Å². The normalized spacial score (nSPS) is 12.2. The molecule has 3 aromatic rings. The second-order valence-electron chi connectivity index (χ2n) is 5.76. The third-order valence-corrected chi connectivity index (χ3v) is 5.07. The highest BCUT2D eigenvalue weighted by molar-refractivity contribution is 7.18. The van der Waals surface area contributed by atoms with Crippen molar-refractivity contribution < 1.29 is 9.53 Å². The summed E-state index contributed by atoms with van der Waals surface area (Å²) in [5.41, 5.74) is 2.66. The number of carbonyl (C=O) groups excluding carboxylic acids is 1. The number of benzene rings is 2. The Labute approximate surface area is 145 Å². The number of rotatable bonds is 6. The van der Waals surface area contributed by atoms with E-state index < -0.39 is 0 Å². The lowest BCUT2D eigenvalue weighted by molar-refractivity contribution is 0.0951. The second-order valence-corrected chi connectivity index (χ2v) is 6.83. The molecule has 0 aliphatic carbocycles. The number of nitrogens with one attached hydrogen (secondary N) is 1. The van der Waals surface area contributed by atoms with Crippen LogP contribution in [0.25, 0.3) is 10.2 Å². The zero-order valence-corrected chi connectivity index (χ0v) is 14.6. The van der Waals surface area contributed by atoms with Crippen molar-refractivity contribution in [3.8, 4) is 0 Å². The van der Waals surface area contributed by atoms with E-state index in [1.807, 2.05) is 42.5 Å². The smallest absolute Gasteiger partial charge is 0.251 e. The predicted molar refractivity (Wildman–Crippen MR) is 97.5 cm³/mol. The second kappa shape index (κ2) is 7.55. The first-order chi connectivity index (χ1) is 11.7. The van der Waals surface area contributed by atoms with Gasteiger partial charge >= 0.3 is 0 Å². The Hall–Kier alpha value is -2.24. The molecule has 1 unspecified atom stereocenters. The van der Waals surface area contributed by atoms with Crippen molar-refractivity contribution in [2.24, 2.45) is 0 Å². The van der Waals surface area contributed by atoms with Gasteiger partial charge < -0.3 is 10.1 Å². The van der Waals surface area contributed by atoms with Gasteiger partial charge in [-0.25, -0.2) is 4.98 Å². The minimum atomic E-state index is -0.0686. The Balaban J connectivity index is 1.64. The first-order valence-electron chi connectivity index (χ1n) is 7.89. The molecule has 2 aromatic carbocycles. The Morgan fingerprint density at radius 3 is 2.88 bits per heavy atom. The zero-order valence-electron chi connectivity index (χ0n) is 13.8. The number of thiazole rings is 1. The summed E-state index contributed by atoms with van der Waals surface area (Å²) in [4.78, 5) is 17.0. The van der Waals surface area contributed by atoms with Crippen molar-refractivity contribution in [3.05, 3.63) is 64.7 Å². The molecule has 0 saturated carbocycles.